The van der Waals surface area contributed by atoms with Crippen LogP contribution < -0.4 is 5.69 Å². The maximum Gasteiger partial charge on any atom is 0.347 e. The van der Waals surface area contributed by atoms with Gasteiger partial charge in [-0.1, -0.05) is 6.92 Å². The van der Waals surface area contributed by atoms with Gasteiger partial charge in [0.25, 0.3) is 0 Å². The van der Waals surface area contributed by atoms with E-state index >= 15 is 0 Å². The lowest BCUT2D eigenvalue weighted by Gasteiger charge is -2.03. The molecule has 0 bridgehead atoms. The second-order valence-electron chi connectivity index (χ2n) is 2.65. The largest absolute Gasteiger partial charge is 0.478 e. The van der Waals surface area contributed by atoms with Crippen LogP contribution >= 0.6 is 0 Å². The normalized spacial score (nSPS) is 10.0. The van der Waals surface area contributed by atoms with Crippen LogP contribution in [0.15, 0.2) is 11.0 Å². The van der Waals surface area contributed by atoms with Crippen LogP contribution in [-0.2, 0) is 13.5 Å². The lowest BCUT2D eigenvalue weighted by Crippen LogP contribution is -2.24. The van der Waals surface area contributed by atoms with Gasteiger partial charge in [-0.25, -0.2) is 9.59 Å². The Morgan fingerprint density at radius 3 is 2.77 bits per heavy atom. The second-order valence-corrected chi connectivity index (χ2v) is 2.65. The topological polar surface area (TPSA) is 72.2 Å². The zero-order valence-corrected chi connectivity index (χ0v) is 7.44. The van der Waals surface area contributed by atoms with E-state index in [9.17, 15) is 9.59 Å². The standard InChI is InChI=1S/C8H10N2O3/c1-3-6-5(7(11)12)4-10(2)8(13)9-6/h4H,3H2,1-2H3,(H,11,12). The van der Waals surface area contributed by atoms with Crippen LogP contribution in [0, 0.1) is 0 Å². The molecule has 5 heteroatoms. The Labute approximate surface area is 74.7 Å². The molecule has 1 N–H and O–H groups in total. The number of aromatic nitrogens is 2. The molecule has 0 amide bonds. The molecular weight excluding hydrogens is 172 g/mol. The summed E-state index contributed by atoms with van der Waals surface area (Å²) in [5.74, 6) is -1.06. The van der Waals surface area contributed by atoms with Crippen molar-refractivity contribution in [3.05, 3.63) is 27.9 Å². The van der Waals surface area contributed by atoms with Gasteiger partial charge in [-0.3, -0.25) is 0 Å². The number of hydrogen-bond acceptors (Lipinski definition) is 3. The fourth-order valence-corrected chi connectivity index (χ4v) is 1.03. The van der Waals surface area contributed by atoms with Crippen molar-refractivity contribution in [3.63, 3.8) is 0 Å². The van der Waals surface area contributed by atoms with Gasteiger partial charge in [0, 0.05) is 13.2 Å². The number of carbonyl (C=O) groups is 1. The summed E-state index contributed by atoms with van der Waals surface area (Å²) < 4.78 is 1.16. The molecule has 0 aliphatic heterocycles. The van der Waals surface area contributed by atoms with Gasteiger partial charge < -0.3 is 9.67 Å². The summed E-state index contributed by atoms with van der Waals surface area (Å²) in [4.78, 5) is 25.4. The molecule has 5 nitrogen and oxygen atoms in total. The molecule has 1 aromatic heterocycles. The summed E-state index contributed by atoms with van der Waals surface area (Å²) in [5.41, 5.74) is -0.0120. The predicted octanol–water partition coefficient (Wildman–Crippen LogP) is 0.0409. The summed E-state index contributed by atoms with van der Waals surface area (Å²) in [6, 6.07) is 0. The van der Waals surface area contributed by atoms with Gasteiger partial charge in [0.1, 0.15) is 0 Å². The molecule has 1 aromatic rings. The first kappa shape index (κ1) is 9.44. The molecule has 0 spiro atoms. The van der Waals surface area contributed by atoms with Gasteiger partial charge in [0.15, 0.2) is 0 Å². The summed E-state index contributed by atoms with van der Waals surface area (Å²) in [7, 11) is 1.47. The Hall–Kier alpha value is -1.65. The van der Waals surface area contributed by atoms with E-state index in [0.29, 0.717) is 12.1 Å². The maximum atomic E-state index is 11.0. The molecule has 0 radical (unpaired) electrons. The molecule has 0 unspecified atom stereocenters. The second kappa shape index (κ2) is 3.38. The highest BCUT2D eigenvalue weighted by Crippen LogP contribution is 2.02. The number of carboxylic acids is 1. The summed E-state index contributed by atoms with van der Waals surface area (Å²) in [6.07, 6.45) is 1.73. The Bertz CT molecular complexity index is 395. The molecular formula is C8H10N2O3. The van der Waals surface area contributed by atoms with Crippen molar-refractivity contribution in [3.8, 4) is 0 Å². The fourth-order valence-electron chi connectivity index (χ4n) is 1.03. The number of aromatic carboxylic acids is 1. The van der Waals surface area contributed by atoms with E-state index in [1.807, 2.05) is 0 Å². The number of nitrogens with zero attached hydrogens (tertiary/aromatic N) is 2. The SMILES string of the molecule is CCc1nc(=O)n(C)cc1C(=O)O. The van der Waals surface area contributed by atoms with E-state index < -0.39 is 11.7 Å². The van der Waals surface area contributed by atoms with Crippen molar-refractivity contribution in [2.24, 2.45) is 7.05 Å². The minimum absolute atomic E-state index is 0.0876. The summed E-state index contributed by atoms with van der Waals surface area (Å²) in [5, 5.41) is 8.76. The highest BCUT2D eigenvalue weighted by molar-refractivity contribution is 5.88. The van der Waals surface area contributed by atoms with Crippen LogP contribution in [0.25, 0.3) is 0 Å². The molecule has 1 rings (SSSR count). The first-order chi connectivity index (χ1) is 6.06. The van der Waals surface area contributed by atoms with Crippen molar-refractivity contribution in [2.75, 3.05) is 0 Å². The van der Waals surface area contributed by atoms with Crippen LogP contribution in [0.4, 0.5) is 0 Å². The Kier molecular flexibility index (Phi) is 2.46. The number of rotatable bonds is 2. The van der Waals surface area contributed by atoms with Gasteiger partial charge in [0.05, 0.1) is 11.3 Å². The fraction of sp³-hybridized carbons (Fsp3) is 0.375. The lowest BCUT2D eigenvalue weighted by molar-refractivity contribution is 0.0694. The van der Waals surface area contributed by atoms with Crippen LogP contribution in [0.1, 0.15) is 23.0 Å². The third-order valence-electron chi connectivity index (χ3n) is 1.73. The monoisotopic (exact) mass is 182 g/mol. The molecule has 70 valence electrons. The highest BCUT2D eigenvalue weighted by Gasteiger charge is 2.11. The Morgan fingerprint density at radius 2 is 2.31 bits per heavy atom. The quantitative estimate of drug-likeness (QED) is 0.701. The van der Waals surface area contributed by atoms with Crippen LogP contribution in [0.5, 0.6) is 0 Å². The molecule has 0 atom stereocenters. The number of carboxylic acid groups (broad SMARTS) is 1. The van der Waals surface area contributed by atoms with Crippen LogP contribution in [0.2, 0.25) is 0 Å². The molecule has 0 aliphatic rings. The number of aryl methyl sites for hydroxylation is 2. The van der Waals surface area contributed by atoms with E-state index in [-0.39, 0.29) is 5.56 Å². The van der Waals surface area contributed by atoms with Crippen molar-refractivity contribution >= 4 is 5.97 Å². The van der Waals surface area contributed by atoms with Crippen LogP contribution in [0.3, 0.4) is 0 Å². The van der Waals surface area contributed by atoms with Crippen molar-refractivity contribution in [1.29, 1.82) is 0 Å². The lowest BCUT2D eigenvalue weighted by atomic mass is 10.2. The Balaban J connectivity index is 3.42. The van der Waals surface area contributed by atoms with Crippen molar-refractivity contribution in [2.45, 2.75) is 13.3 Å². The molecule has 0 saturated heterocycles. The molecule has 13 heavy (non-hydrogen) atoms. The van der Waals surface area contributed by atoms with Gasteiger partial charge in [-0.05, 0) is 6.42 Å². The van der Waals surface area contributed by atoms with Gasteiger partial charge in [0.2, 0.25) is 0 Å². The third kappa shape index (κ3) is 1.74. The van der Waals surface area contributed by atoms with Gasteiger partial charge in [-0.2, -0.15) is 4.98 Å². The third-order valence-corrected chi connectivity index (χ3v) is 1.73. The maximum absolute atomic E-state index is 11.0. The summed E-state index contributed by atoms with van der Waals surface area (Å²) in [6.45, 7) is 1.76. The Morgan fingerprint density at radius 1 is 1.69 bits per heavy atom. The molecule has 0 saturated carbocycles. The molecule has 0 fully saturated rings. The van der Waals surface area contributed by atoms with E-state index in [2.05, 4.69) is 4.98 Å². The van der Waals surface area contributed by atoms with E-state index in [0.717, 1.165) is 4.57 Å². The molecule has 0 aliphatic carbocycles. The molecule has 0 aromatic carbocycles. The molecule has 1 heterocycles. The van der Waals surface area contributed by atoms with Crippen molar-refractivity contribution < 1.29 is 9.90 Å². The van der Waals surface area contributed by atoms with Crippen molar-refractivity contribution in [1.82, 2.24) is 9.55 Å². The average Bonchev–Trinajstić information content (AvgIpc) is 2.08. The van der Waals surface area contributed by atoms with Gasteiger partial charge >= 0.3 is 11.7 Å². The zero-order chi connectivity index (χ0) is 10.0. The zero-order valence-electron chi connectivity index (χ0n) is 7.44. The first-order valence-corrected chi connectivity index (χ1v) is 3.86. The van der Waals surface area contributed by atoms with E-state index in [1.165, 1.54) is 13.2 Å². The van der Waals surface area contributed by atoms with E-state index in [1.54, 1.807) is 6.92 Å². The minimum Gasteiger partial charge on any atom is -0.478 e. The number of hydrogen-bond donors (Lipinski definition) is 1. The first-order valence-electron chi connectivity index (χ1n) is 3.86. The van der Waals surface area contributed by atoms with E-state index in [4.69, 9.17) is 5.11 Å². The average molecular weight is 182 g/mol. The summed E-state index contributed by atoms with van der Waals surface area (Å²) >= 11 is 0. The van der Waals surface area contributed by atoms with Crippen LogP contribution in [-0.4, -0.2) is 20.6 Å². The smallest absolute Gasteiger partial charge is 0.347 e. The minimum atomic E-state index is -1.06. The van der Waals surface area contributed by atoms with Gasteiger partial charge in [-0.15, -0.1) is 0 Å². The predicted molar refractivity (Wildman–Crippen MR) is 45.8 cm³/mol. The highest BCUT2D eigenvalue weighted by atomic mass is 16.4.